The van der Waals surface area contributed by atoms with E-state index in [0.29, 0.717) is 42.2 Å². The fraction of sp³-hybridized carbons (Fsp3) is 0.310. The Morgan fingerprint density at radius 1 is 0.267 bits per heavy atom. The van der Waals surface area contributed by atoms with E-state index in [-0.39, 0.29) is 88.9 Å². The normalized spacial score (nSPS) is 13.2. The molecular formula is C116H146ClF5N20O8. The van der Waals surface area contributed by atoms with Crippen molar-refractivity contribution in [2.75, 3.05) is 28.4 Å². The number of rotatable bonds is 24. The number of fused-ring (bicyclic) bond motifs is 10. The number of hydrogen-bond acceptors (Lipinski definition) is 18. The molecule has 20 aromatic rings. The van der Waals surface area contributed by atoms with Gasteiger partial charge in [0.25, 0.3) is 0 Å². The summed E-state index contributed by atoms with van der Waals surface area (Å²) in [6.45, 7) is 30.9. The van der Waals surface area contributed by atoms with Crippen molar-refractivity contribution in [1.82, 2.24) is 45.7 Å². The van der Waals surface area contributed by atoms with Crippen molar-refractivity contribution in [3.8, 4) is 46.0 Å². The first-order chi connectivity index (χ1) is 71.3. The summed E-state index contributed by atoms with van der Waals surface area (Å²) in [5.74, 6) is -0.828. The highest BCUT2D eigenvalue weighted by molar-refractivity contribution is 6.31. The Balaban J connectivity index is 0.000000158. The molecule has 28 nitrogen and oxygen atoms in total. The van der Waals surface area contributed by atoms with Crippen LogP contribution >= 0.6 is 11.6 Å². The van der Waals surface area contributed by atoms with Gasteiger partial charge in [0.05, 0.1) is 72.6 Å². The number of methoxy groups -OCH3 is 4. The molecule has 24 N–H and O–H groups in total. The van der Waals surface area contributed by atoms with Crippen molar-refractivity contribution in [1.29, 1.82) is 0 Å². The number of aryl methyl sites for hydroxylation is 2. The van der Waals surface area contributed by atoms with Gasteiger partial charge < -0.3 is 142 Å². The van der Waals surface area contributed by atoms with Gasteiger partial charge in [-0.2, -0.15) is 4.39 Å². The molecule has 0 bridgehead atoms. The third kappa shape index (κ3) is 30.9. The van der Waals surface area contributed by atoms with Crippen LogP contribution in [0.2, 0.25) is 5.02 Å². The summed E-state index contributed by atoms with van der Waals surface area (Å²) in [4.78, 5) is 0. The van der Waals surface area contributed by atoms with Crippen LogP contribution in [0.3, 0.4) is 0 Å². The van der Waals surface area contributed by atoms with Crippen molar-refractivity contribution < 1.29 is 61.3 Å². The molecule has 0 saturated heterocycles. The van der Waals surface area contributed by atoms with Crippen LogP contribution in [0.1, 0.15) is 80.4 Å². The second-order valence-corrected chi connectivity index (χ2v) is 39.2. The summed E-state index contributed by atoms with van der Waals surface area (Å²) >= 11 is 5.94. The van der Waals surface area contributed by atoms with Gasteiger partial charge in [-0.15, -0.1) is 0 Å². The molecule has 0 aliphatic rings. The van der Waals surface area contributed by atoms with Crippen LogP contribution in [0.15, 0.2) is 268 Å². The molecule has 0 fully saturated rings. The number of aromatic nitrogens is 10. The Kier molecular flexibility index (Phi) is 41.4. The van der Waals surface area contributed by atoms with Crippen LogP contribution in [0.5, 0.6) is 46.0 Å². The van der Waals surface area contributed by atoms with Crippen LogP contribution in [-0.2, 0) is 65.4 Å². The van der Waals surface area contributed by atoms with Crippen LogP contribution in [-0.4, -0.2) is 155 Å². The molecule has 0 saturated carbocycles. The second kappa shape index (κ2) is 53.6. The SMILES string of the molecule is CC(N)Cn1ccc2c(F)c(F)c(O)cc21.CC(N)Cn1ccc2cc(F)ccc21.CC(N)Cn1ccc2ccc(Cl)cc21.CC(N)Cn1ccc2ccc(O)c(F)c21.CC(N)Cn1ccc2cccc(O)c21.COc1cc2c(ccn2CC(C)N)cc1F.COc1ccc2c(C)cn(CC(C)N)c2c1.COc1ccc2ccn(C[C@H](C)N)c2c1.COc1cccc2ccn(CC(C)N)c12.Cc1cc(O)cc2c1ccn2CC(C)N. The minimum atomic E-state index is -1.22. The van der Waals surface area contributed by atoms with Crippen LogP contribution in [0.4, 0.5) is 22.0 Å². The van der Waals surface area contributed by atoms with Gasteiger partial charge in [0.1, 0.15) is 34.6 Å². The first-order valence-electron chi connectivity index (χ1n) is 49.8. The molecule has 150 heavy (non-hydrogen) atoms. The second-order valence-electron chi connectivity index (χ2n) is 38.8. The number of halogens is 6. The van der Waals surface area contributed by atoms with Gasteiger partial charge in [-0.25, -0.2) is 17.6 Å². The molecule has 0 aliphatic heterocycles. The van der Waals surface area contributed by atoms with Crippen LogP contribution in [0.25, 0.3) is 109 Å². The molecule has 800 valence electrons. The Morgan fingerprint density at radius 2 is 0.640 bits per heavy atom. The lowest BCUT2D eigenvalue weighted by Gasteiger charge is -2.10. The number of phenolic OH excluding ortho intramolecular Hbond substituents is 4. The minimum absolute atomic E-state index is 0.0534. The Hall–Kier alpha value is -14.5. The number of hydrogen-bond donors (Lipinski definition) is 14. The molecule has 0 radical (unpaired) electrons. The zero-order valence-electron chi connectivity index (χ0n) is 88.2. The zero-order chi connectivity index (χ0) is 109. The largest absolute Gasteiger partial charge is 0.508 e. The molecule has 20 rings (SSSR count). The molecule has 34 heteroatoms. The van der Waals surface area contributed by atoms with Gasteiger partial charge in [0, 0.05) is 277 Å². The van der Waals surface area contributed by atoms with Gasteiger partial charge in [-0.05, 0) is 251 Å². The summed E-state index contributed by atoms with van der Waals surface area (Å²) in [6, 6.07) is 63.6. The quantitative estimate of drug-likeness (QED) is 0.0250. The summed E-state index contributed by atoms with van der Waals surface area (Å²) < 4.78 is 107. The first-order valence-corrected chi connectivity index (χ1v) is 50.1. The molecule has 0 spiro atoms. The predicted molar refractivity (Wildman–Crippen MR) is 603 cm³/mol. The Labute approximate surface area is 876 Å². The number of nitrogens with zero attached hydrogens (tertiary/aromatic N) is 10. The number of para-hydroxylation sites is 2. The number of benzene rings is 10. The Bertz CT molecular complexity index is 7780. The van der Waals surface area contributed by atoms with E-state index in [1.54, 1.807) is 85.3 Å². The van der Waals surface area contributed by atoms with E-state index in [1.807, 2.05) is 200 Å². The molecule has 9 unspecified atom stereocenters. The smallest absolute Gasteiger partial charge is 0.201 e. The lowest BCUT2D eigenvalue weighted by molar-refractivity contribution is 0.387. The van der Waals surface area contributed by atoms with E-state index < -0.39 is 23.2 Å². The summed E-state index contributed by atoms with van der Waals surface area (Å²) in [5.41, 5.74) is 69.2. The van der Waals surface area contributed by atoms with E-state index in [4.69, 9.17) is 87.9 Å². The molecule has 10 atom stereocenters. The molecule has 10 aromatic heterocycles. The van der Waals surface area contributed by atoms with Crippen molar-refractivity contribution in [2.45, 2.75) is 209 Å². The zero-order valence-corrected chi connectivity index (χ0v) is 88.9. The molecule has 0 aliphatic carbocycles. The first kappa shape index (κ1) is 116. The van der Waals surface area contributed by atoms with Gasteiger partial charge >= 0.3 is 0 Å². The lowest BCUT2D eigenvalue weighted by Crippen LogP contribution is -2.21. The summed E-state index contributed by atoms with van der Waals surface area (Å²) in [7, 11) is 6.52. The van der Waals surface area contributed by atoms with Crippen molar-refractivity contribution in [3.63, 3.8) is 0 Å². The fourth-order valence-corrected chi connectivity index (χ4v) is 18.0. The topological polar surface area (TPSA) is 427 Å². The highest BCUT2D eigenvalue weighted by atomic mass is 35.5. The van der Waals surface area contributed by atoms with E-state index in [9.17, 15) is 42.4 Å². The Morgan fingerprint density at radius 3 is 1.15 bits per heavy atom. The van der Waals surface area contributed by atoms with Gasteiger partial charge in [-0.1, -0.05) is 41.9 Å². The third-order valence-electron chi connectivity index (χ3n) is 24.2. The van der Waals surface area contributed by atoms with Crippen LogP contribution < -0.4 is 76.3 Å². The maximum absolute atomic E-state index is 13.6. The molecule has 10 aromatic carbocycles. The maximum atomic E-state index is 13.6. The van der Waals surface area contributed by atoms with Gasteiger partial charge in [0.2, 0.25) is 5.82 Å². The molecule has 0 amide bonds. The average molecular weight is 2080 g/mol. The van der Waals surface area contributed by atoms with E-state index in [1.165, 1.54) is 87.0 Å². The third-order valence-corrected chi connectivity index (χ3v) is 24.5. The predicted octanol–water partition coefficient (Wildman–Crippen LogP) is 20.7. The fourth-order valence-electron chi connectivity index (χ4n) is 17.8. The molecule has 10 heterocycles. The maximum Gasteiger partial charge on any atom is 0.201 e. The standard InChI is InChI=1S/C13H18N2O.C12H15FN2O.3C12H16N2O.C11H13ClN2.C11H12F2N2O.C11H13FN2O.C11H13FN2.C11H14N2O/c1-9-7-15(8-10(2)14)13-6-11(16-3)4-5-12(9)13;1-8(14)7-15-4-3-9-5-10(13)12(16-2)6-11(9)15;1-8-5-10(15)6-12-11(8)3-4-14(12)7-9(2)13;1-9(13)8-14-6-5-10-3-4-11(15-2)7-12(10)14;1-9(13)8-14-7-6-10-4-3-5-11(15-2)12(10)14;1-8(13)7-14-5-4-9-2-3-10(12)6-11(9)14;1-6(14)5-15-3-2-7-8(15)4-9(16)11(13)10(7)12;1-7(13)6-14-5-4-8-2-3-9(15)10(12)11(8)14;1-8(13)7-14-5-4-9-6-10(12)2-3-11(9)14;1-8(12)7-13-6-5-9-3-2-4-10(14)11(9)13/h4-7,10H,8,14H2,1-3H3;3-6,8H,7,14H2,1-2H3;3-6,9,15H,7,13H2,1-2H3;2*3-7,9H,8,13H2,1-2H3;2-6,8H,7,13H2,1H3;2-4,6,16H,5,14H2,1H3;2-5,7,15H,6,13H2,1H3;2-6,8H,7,13H2,1H3;2-6,8,14H,7,12H2,1H3/t;;;9-;;;;;;/m...0....../s1. The van der Waals surface area contributed by atoms with Gasteiger partial charge in [0.15, 0.2) is 34.7 Å². The molecular weight excluding hydrogens is 1930 g/mol. The lowest BCUT2D eigenvalue weighted by atomic mass is 10.1. The highest BCUT2D eigenvalue weighted by Crippen LogP contribution is 2.35. The van der Waals surface area contributed by atoms with E-state index in [2.05, 4.69) is 96.9 Å². The number of nitrogens with two attached hydrogens (primary N) is 10. The van der Waals surface area contributed by atoms with Crippen molar-refractivity contribution >= 4 is 121 Å². The average Bonchev–Trinajstić information content (AvgIpc) is 1.62. The highest BCUT2D eigenvalue weighted by Gasteiger charge is 2.20. The van der Waals surface area contributed by atoms with Crippen LogP contribution in [0, 0.1) is 42.9 Å². The van der Waals surface area contributed by atoms with Crippen molar-refractivity contribution in [2.24, 2.45) is 57.3 Å². The van der Waals surface area contributed by atoms with Gasteiger partial charge in [-0.3, -0.25) is 0 Å². The minimum Gasteiger partial charge on any atom is -0.508 e. The summed E-state index contributed by atoms with van der Waals surface area (Å²) in [6.07, 6.45) is 19.5. The number of aromatic hydroxyl groups is 4. The monoisotopic (exact) mass is 2080 g/mol. The number of ether oxygens (including phenoxy) is 4. The van der Waals surface area contributed by atoms with E-state index in [0.717, 1.165) is 128 Å². The van der Waals surface area contributed by atoms with E-state index >= 15 is 0 Å². The van der Waals surface area contributed by atoms with Crippen molar-refractivity contribution in [3.05, 3.63) is 313 Å². The summed E-state index contributed by atoms with van der Waals surface area (Å²) in [5, 5.41) is 48.3. The number of phenols is 4.